The van der Waals surface area contributed by atoms with Gasteiger partial charge in [-0.3, -0.25) is 4.79 Å². The van der Waals surface area contributed by atoms with Gasteiger partial charge in [0.1, 0.15) is 0 Å². The van der Waals surface area contributed by atoms with Crippen LogP contribution in [-0.2, 0) is 4.79 Å². The molecular weight excluding hydrogens is 441 g/mol. The second kappa shape index (κ2) is 14.3. The number of rotatable bonds is 10. The molecule has 1 aliphatic rings. The molecule has 176 valence electrons. The van der Waals surface area contributed by atoms with Crippen LogP contribution in [0.25, 0.3) is 17.2 Å². The van der Waals surface area contributed by atoms with Crippen LogP contribution in [0.3, 0.4) is 0 Å². The van der Waals surface area contributed by atoms with Crippen molar-refractivity contribution in [3.8, 4) is 11.1 Å². The van der Waals surface area contributed by atoms with E-state index < -0.39 is 17.9 Å². The molecule has 1 saturated heterocycles. The standard InChI is InChI=1S/C26H33N3O3S.Li/c1-19-8-4-5-9-21(19)23-18-20(12-14-27-29-15-6-3-7-16-29)10-11-22(23)25(30)28-24(26(31)32)13-17-33-2;/h4-5,8-12,14,18,24,27H,3,6-7,13,15-17H2,1-2H3,(H,28,30)(H,31,32);/q;+1/p-1/b14-12+;/t24-;/m0./s1. The summed E-state index contributed by atoms with van der Waals surface area (Å²) in [7, 11) is 0. The van der Waals surface area contributed by atoms with Gasteiger partial charge in [0.2, 0.25) is 0 Å². The van der Waals surface area contributed by atoms with Gasteiger partial charge in [0.05, 0.1) is 12.0 Å². The van der Waals surface area contributed by atoms with Gasteiger partial charge in [-0.05, 0) is 78.7 Å². The minimum absolute atomic E-state index is 0. The predicted octanol–water partition coefficient (Wildman–Crippen LogP) is 0.229. The minimum Gasteiger partial charge on any atom is -0.548 e. The number of amides is 1. The number of carbonyl (C=O) groups excluding carboxylic acids is 2. The molecule has 34 heavy (non-hydrogen) atoms. The first-order chi connectivity index (χ1) is 16.0. The Hall–Kier alpha value is -2.17. The number of carbonyl (C=O) groups is 2. The smallest absolute Gasteiger partial charge is 0.548 e. The molecule has 0 aromatic heterocycles. The van der Waals surface area contributed by atoms with Crippen LogP contribution in [0.4, 0.5) is 0 Å². The topological polar surface area (TPSA) is 84.5 Å². The Morgan fingerprint density at radius 1 is 1.12 bits per heavy atom. The van der Waals surface area contributed by atoms with E-state index in [0.29, 0.717) is 17.7 Å². The normalized spacial score (nSPS) is 14.9. The van der Waals surface area contributed by atoms with E-state index >= 15 is 0 Å². The fourth-order valence-electron chi connectivity index (χ4n) is 3.94. The van der Waals surface area contributed by atoms with Crippen LogP contribution in [0.5, 0.6) is 0 Å². The maximum Gasteiger partial charge on any atom is 1.00 e. The van der Waals surface area contributed by atoms with Gasteiger partial charge in [-0.1, -0.05) is 36.8 Å². The van der Waals surface area contributed by atoms with Crippen molar-refractivity contribution >= 4 is 29.7 Å². The number of hydrogen-bond donors (Lipinski definition) is 2. The van der Waals surface area contributed by atoms with Crippen LogP contribution in [-0.4, -0.2) is 48.0 Å². The summed E-state index contributed by atoms with van der Waals surface area (Å²) in [6, 6.07) is 12.5. The summed E-state index contributed by atoms with van der Waals surface area (Å²) in [4.78, 5) is 24.6. The Morgan fingerprint density at radius 2 is 1.85 bits per heavy atom. The van der Waals surface area contributed by atoms with Crippen molar-refractivity contribution in [3.63, 3.8) is 0 Å². The van der Waals surface area contributed by atoms with Crippen molar-refractivity contribution in [2.24, 2.45) is 0 Å². The third-order valence-corrected chi connectivity index (χ3v) is 6.46. The SMILES string of the molecule is CSCC[C@H](NC(=O)c1ccc(/C=C/NN2CCCCC2)cc1-c1ccccc1C)C(=O)[O-].[Li+]. The molecule has 1 amide bonds. The Labute approximate surface area is 218 Å². The van der Waals surface area contributed by atoms with Gasteiger partial charge in [-0.25, -0.2) is 5.01 Å². The summed E-state index contributed by atoms with van der Waals surface area (Å²) in [5, 5.41) is 16.4. The summed E-state index contributed by atoms with van der Waals surface area (Å²) in [6.45, 7) is 4.07. The molecule has 2 N–H and O–H groups in total. The quantitative estimate of drug-likeness (QED) is 0.481. The van der Waals surface area contributed by atoms with Crippen LogP contribution in [0.15, 0.2) is 48.7 Å². The van der Waals surface area contributed by atoms with Crippen LogP contribution in [0, 0.1) is 6.92 Å². The number of thioether (sulfide) groups is 1. The van der Waals surface area contributed by atoms with E-state index in [0.717, 1.165) is 35.3 Å². The Morgan fingerprint density at radius 3 is 2.53 bits per heavy atom. The van der Waals surface area contributed by atoms with E-state index in [1.165, 1.54) is 31.0 Å². The summed E-state index contributed by atoms with van der Waals surface area (Å²) in [5.74, 6) is -1.05. The summed E-state index contributed by atoms with van der Waals surface area (Å²) in [6.07, 6.45) is 9.81. The Balaban J connectivity index is 0.00000408. The summed E-state index contributed by atoms with van der Waals surface area (Å²) < 4.78 is 0. The van der Waals surface area contributed by atoms with Gasteiger partial charge in [-0.2, -0.15) is 11.8 Å². The molecule has 1 heterocycles. The number of aliphatic carboxylic acids is 1. The fraction of sp³-hybridized carbons (Fsp3) is 0.385. The molecule has 2 aromatic rings. The average molecular weight is 474 g/mol. The first-order valence-electron chi connectivity index (χ1n) is 11.4. The largest absolute Gasteiger partial charge is 1.00 e. The molecule has 0 unspecified atom stereocenters. The van der Waals surface area contributed by atoms with Crippen molar-refractivity contribution < 1.29 is 33.6 Å². The number of hydrazine groups is 1. The second-order valence-corrected chi connectivity index (χ2v) is 9.24. The number of hydrogen-bond acceptors (Lipinski definition) is 6. The number of nitrogens with zero attached hydrogens (tertiary/aromatic N) is 1. The van der Waals surface area contributed by atoms with E-state index in [2.05, 4.69) is 15.8 Å². The first-order valence-corrected chi connectivity index (χ1v) is 12.8. The molecular formula is C26H32LiN3O3S. The summed E-state index contributed by atoms with van der Waals surface area (Å²) in [5.41, 5.74) is 7.48. The van der Waals surface area contributed by atoms with E-state index in [-0.39, 0.29) is 18.9 Å². The predicted molar refractivity (Wildman–Crippen MR) is 133 cm³/mol. The maximum atomic E-state index is 13.1. The molecule has 0 saturated carbocycles. The Bertz CT molecular complexity index is 993. The van der Waals surface area contributed by atoms with E-state index in [1.807, 2.05) is 61.9 Å². The van der Waals surface area contributed by atoms with E-state index in [9.17, 15) is 14.7 Å². The van der Waals surface area contributed by atoms with Gasteiger partial charge < -0.3 is 20.6 Å². The molecule has 6 nitrogen and oxygen atoms in total. The van der Waals surface area contributed by atoms with E-state index in [1.54, 1.807) is 6.07 Å². The zero-order valence-electron chi connectivity index (χ0n) is 20.3. The van der Waals surface area contributed by atoms with Crippen molar-refractivity contribution in [2.45, 2.75) is 38.6 Å². The molecule has 2 aromatic carbocycles. The zero-order valence-corrected chi connectivity index (χ0v) is 21.1. The summed E-state index contributed by atoms with van der Waals surface area (Å²) >= 11 is 1.53. The zero-order chi connectivity index (χ0) is 23.6. The molecule has 0 bridgehead atoms. The van der Waals surface area contributed by atoms with E-state index in [4.69, 9.17) is 0 Å². The van der Waals surface area contributed by atoms with Gasteiger partial charge in [0.25, 0.3) is 5.91 Å². The maximum absolute atomic E-state index is 13.1. The Kier molecular flexibility index (Phi) is 11.8. The molecule has 8 heteroatoms. The van der Waals surface area contributed by atoms with Gasteiger partial charge in [-0.15, -0.1) is 0 Å². The minimum atomic E-state index is -1.27. The first kappa shape index (κ1) is 28.1. The molecule has 3 rings (SSSR count). The number of carboxylic acid groups (broad SMARTS) is 1. The number of nitrogens with one attached hydrogen (secondary N) is 2. The average Bonchev–Trinajstić information content (AvgIpc) is 2.82. The molecule has 0 aliphatic carbocycles. The van der Waals surface area contributed by atoms with Crippen LogP contribution in [0.2, 0.25) is 0 Å². The molecule has 0 spiro atoms. The van der Waals surface area contributed by atoms with Crippen molar-refractivity contribution in [1.29, 1.82) is 0 Å². The van der Waals surface area contributed by atoms with Crippen molar-refractivity contribution in [2.75, 3.05) is 25.1 Å². The fourth-order valence-corrected chi connectivity index (χ4v) is 4.42. The molecule has 1 atom stereocenters. The number of benzene rings is 2. The van der Waals surface area contributed by atoms with Crippen LogP contribution < -0.4 is 34.7 Å². The molecule has 1 aliphatic heterocycles. The van der Waals surface area contributed by atoms with Gasteiger partial charge in [0.15, 0.2) is 0 Å². The van der Waals surface area contributed by atoms with Crippen LogP contribution >= 0.6 is 11.8 Å². The van der Waals surface area contributed by atoms with Gasteiger partial charge in [0, 0.05) is 24.9 Å². The second-order valence-electron chi connectivity index (χ2n) is 8.26. The van der Waals surface area contributed by atoms with Crippen LogP contribution in [0.1, 0.15) is 47.2 Å². The van der Waals surface area contributed by atoms with Gasteiger partial charge >= 0.3 is 18.9 Å². The van der Waals surface area contributed by atoms with Crippen molar-refractivity contribution in [3.05, 3.63) is 65.4 Å². The van der Waals surface area contributed by atoms with Crippen molar-refractivity contribution in [1.82, 2.24) is 15.8 Å². The molecule has 0 radical (unpaired) electrons. The molecule has 1 fully saturated rings. The number of aryl methyl sites for hydroxylation is 1. The third kappa shape index (κ3) is 7.95. The number of piperidine rings is 1. The monoisotopic (exact) mass is 473 g/mol. The number of carboxylic acids is 1. The third-order valence-electron chi connectivity index (χ3n) is 5.81.